The van der Waals surface area contributed by atoms with Crippen LogP contribution in [0.25, 0.3) is 0 Å². The van der Waals surface area contributed by atoms with Crippen molar-refractivity contribution < 1.29 is 9.59 Å². The number of carbonyl (C=O) groups excluding carboxylic acids is 2. The van der Waals surface area contributed by atoms with E-state index >= 15 is 0 Å². The molecule has 2 aliphatic heterocycles. The fraction of sp³-hybridized carbons (Fsp3) is 0.875. The molecule has 3 rings (SSSR count). The molecular formula is C16H28ClN3O2. The molecule has 126 valence electrons. The molecule has 5 nitrogen and oxygen atoms in total. The highest BCUT2D eigenvalue weighted by Crippen LogP contribution is 2.28. The fourth-order valence-corrected chi connectivity index (χ4v) is 3.68. The number of hydrogen-bond acceptors (Lipinski definition) is 3. The maximum atomic E-state index is 12.2. The quantitative estimate of drug-likeness (QED) is 0.845. The van der Waals surface area contributed by atoms with Crippen LogP contribution in [0.5, 0.6) is 0 Å². The van der Waals surface area contributed by atoms with Gasteiger partial charge in [-0.25, -0.2) is 0 Å². The molecule has 1 saturated carbocycles. The van der Waals surface area contributed by atoms with Crippen molar-refractivity contribution >= 4 is 24.2 Å². The average molecular weight is 330 g/mol. The summed E-state index contributed by atoms with van der Waals surface area (Å²) >= 11 is 0. The molecule has 0 aromatic rings. The van der Waals surface area contributed by atoms with E-state index in [-0.39, 0.29) is 24.2 Å². The minimum Gasteiger partial charge on any atom is -0.339 e. The maximum Gasteiger partial charge on any atom is 0.228 e. The van der Waals surface area contributed by atoms with Gasteiger partial charge in [0.2, 0.25) is 11.8 Å². The largest absolute Gasteiger partial charge is 0.339 e. The van der Waals surface area contributed by atoms with Gasteiger partial charge in [-0.2, -0.15) is 0 Å². The van der Waals surface area contributed by atoms with Crippen LogP contribution in [-0.4, -0.2) is 60.9 Å². The van der Waals surface area contributed by atoms with Gasteiger partial charge >= 0.3 is 0 Å². The Labute approximate surface area is 139 Å². The number of halogens is 1. The molecule has 22 heavy (non-hydrogen) atoms. The lowest BCUT2D eigenvalue weighted by molar-refractivity contribution is -0.143. The van der Waals surface area contributed by atoms with Crippen LogP contribution in [0.2, 0.25) is 0 Å². The van der Waals surface area contributed by atoms with Crippen LogP contribution in [-0.2, 0) is 9.59 Å². The van der Waals surface area contributed by atoms with Crippen molar-refractivity contribution in [2.45, 2.75) is 38.5 Å². The van der Waals surface area contributed by atoms with Gasteiger partial charge < -0.3 is 15.1 Å². The predicted molar refractivity (Wildman–Crippen MR) is 88.0 cm³/mol. The van der Waals surface area contributed by atoms with E-state index in [2.05, 4.69) is 5.32 Å². The van der Waals surface area contributed by atoms with Crippen LogP contribution in [0.15, 0.2) is 0 Å². The summed E-state index contributed by atoms with van der Waals surface area (Å²) < 4.78 is 0. The minimum absolute atomic E-state index is 0. The average Bonchev–Trinajstić information content (AvgIpc) is 2.96. The third kappa shape index (κ3) is 4.13. The summed E-state index contributed by atoms with van der Waals surface area (Å²) in [7, 11) is 0. The van der Waals surface area contributed by atoms with Crippen molar-refractivity contribution in [1.29, 1.82) is 0 Å². The summed E-state index contributed by atoms with van der Waals surface area (Å²) in [4.78, 5) is 28.3. The van der Waals surface area contributed by atoms with Gasteiger partial charge in [0.25, 0.3) is 0 Å². The Balaban J connectivity index is 0.00000176. The van der Waals surface area contributed by atoms with Crippen molar-refractivity contribution in [1.82, 2.24) is 15.1 Å². The summed E-state index contributed by atoms with van der Waals surface area (Å²) in [6.07, 6.45) is 7.07. The molecular weight excluding hydrogens is 302 g/mol. The maximum absolute atomic E-state index is 12.2. The van der Waals surface area contributed by atoms with Crippen LogP contribution < -0.4 is 5.32 Å². The van der Waals surface area contributed by atoms with E-state index in [1.165, 1.54) is 25.7 Å². The third-order valence-electron chi connectivity index (χ3n) is 5.32. The highest BCUT2D eigenvalue weighted by Gasteiger charge is 2.31. The molecule has 2 saturated heterocycles. The topological polar surface area (TPSA) is 52.7 Å². The lowest BCUT2D eigenvalue weighted by Gasteiger charge is -2.38. The van der Waals surface area contributed by atoms with E-state index < -0.39 is 0 Å². The van der Waals surface area contributed by atoms with E-state index in [0.717, 1.165) is 38.5 Å². The zero-order chi connectivity index (χ0) is 14.7. The zero-order valence-electron chi connectivity index (χ0n) is 13.3. The van der Waals surface area contributed by atoms with Gasteiger partial charge in [-0.3, -0.25) is 9.59 Å². The van der Waals surface area contributed by atoms with Crippen molar-refractivity contribution in [3.05, 3.63) is 0 Å². The summed E-state index contributed by atoms with van der Waals surface area (Å²) in [5.41, 5.74) is 0. The molecule has 0 radical (unpaired) electrons. The van der Waals surface area contributed by atoms with Crippen LogP contribution in [0.3, 0.4) is 0 Å². The van der Waals surface area contributed by atoms with Crippen molar-refractivity contribution in [2.24, 2.45) is 11.8 Å². The highest BCUT2D eigenvalue weighted by molar-refractivity contribution is 5.85. The summed E-state index contributed by atoms with van der Waals surface area (Å²) in [5.74, 6) is 1.52. The second-order valence-corrected chi connectivity index (χ2v) is 6.75. The van der Waals surface area contributed by atoms with Crippen molar-refractivity contribution in [3.63, 3.8) is 0 Å². The standard InChI is InChI=1S/C16H27N3O2.ClH/c20-15(6-5-13-3-1-2-4-13)18-7-9-19(10-8-18)16(21)14-11-17-12-14;/h13-14,17H,1-12H2;1H. The lowest BCUT2D eigenvalue weighted by atomic mass is 10.0. The number of nitrogens with zero attached hydrogens (tertiary/aromatic N) is 2. The van der Waals surface area contributed by atoms with E-state index in [0.29, 0.717) is 25.4 Å². The first kappa shape index (κ1) is 17.5. The van der Waals surface area contributed by atoms with Crippen molar-refractivity contribution in [2.75, 3.05) is 39.3 Å². The van der Waals surface area contributed by atoms with Gasteiger partial charge in [0, 0.05) is 45.7 Å². The van der Waals surface area contributed by atoms with E-state index in [4.69, 9.17) is 0 Å². The Kier molecular flexibility index (Phi) is 6.50. The second-order valence-electron chi connectivity index (χ2n) is 6.75. The Bertz CT molecular complexity index is 387. The second kappa shape index (κ2) is 8.16. The molecule has 2 heterocycles. The van der Waals surface area contributed by atoms with Gasteiger partial charge in [-0.05, 0) is 12.3 Å². The molecule has 0 spiro atoms. The van der Waals surface area contributed by atoms with Crippen LogP contribution >= 0.6 is 12.4 Å². The number of nitrogens with one attached hydrogen (secondary N) is 1. The third-order valence-corrected chi connectivity index (χ3v) is 5.32. The molecule has 0 atom stereocenters. The summed E-state index contributed by atoms with van der Waals surface area (Å²) in [6, 6.07) is 0. The molecule has 0 bridgehead atoms. The molecule has 1 aliphatic carbocycles. The van der Waals surface area contributed by atoms with Crippen molar-refractivity contribution in [3.8, 4) is 0 Å². The minimum atomic E-state index is 0. The number of rotatable bonds is 4. The number of piperazine rings is 1. The first-order chi connectivity index (χ1) is 10.2. The monoisotopic (exact) mass is 329 g/mol. The molecule has 2 amide bonds. The summed E-state index contributed by atoms with van der Waals surface area (Å²) in [6.45, 7) is 4.50. The number of carbonyl (C=O) groups is 2. The molecule has 6 heteroatoms. The SMILES string of the molecule is Cl.O=C(CCC1CCCC1)N1CCN(C(=O)C2CNC2)CC1. The Morgan fingerprint density at radius 3 is 2.09 bits per heavy atom. The summed E-state index contributed by atoms with van der Waals surface area (Å²) in [5, 5.41) is 3.14. The van der Waals surface area contributed by atoms with Crippen LogP contribution in [0.1, 0.15) is 38.5 Å². The molecule has 3 aliphatic rings. The van der Waals surface area contributed by atoms with Gasteiger partial charge in [0.05, 0.1) is 5.92 Å². The smallest absolute Gasteiger partial charge is 0.228 e. The van der Waals surface area contributed by atoms with E-state index in [1.807, 2.05) is 9.80 Å². The first-order valence-corrected chi connectivity index (χ1v) is 8.51. The van der Waals surface area contributed by atoms with Gasteiger partial charge in [0.15, 0.2) is 0 Å². The molecule has 0 aromatic carbocycles. The number of hydrogen-bond donors (Lipinski definition) is 1. The molecule has 1 N–H and O–H groups in total. The van der Waals surface area contributed by atoms with Crippen LogP contribution in [0, 0.1) is 11.8 Å². The zero-order valence-corrected chi connectivity index (χ0v) is 14.1. The first-order valence-electron chi connectivity index (χ1n) is 8.51. The Morgan fingerprint density at radius 2 is 1.55 bits per heavy atom. The molecule has 0 unspecified atom stereocenters. The van der Waals surface area contributed by atoms with Gasteiger partial charge in [-0.15, -0.1) is 12.4 Å². The Morgan fingerprint density at radius 1 is 0.955 bits per heavy atom. The van der Waals surface area contributed by atoms with Gasteiger partial charge in [-0.1, -0.05) is 25.7 Å². The van der Waals surface area contributed by atoms with Gasteiger partial charge in [0.1, 0.15) is 0 Å². The molecule has 0 aromatic heterocycles. The van der Waals surface area contributed by atoms with E-state index in [1.54, 1.807) is 0 Å². The fourth-order valence-electron chi connectivity index (χ4n) is 3.68. The van der Waals surface area contributed by atoms with E-state index in [9.17, 15) is 9.59 Å². The number of amides is 2. The van der Waals surface area contributed by atoms with Crippen LogP contribution in [0.4, 0.5) is 0 Å². The highest BCUT2D eigenvalue weighted by atomic mass is 35.5. The molecule has 3 fully saturated rings. The lowest BCUT2D eigenvalue weighted by Crippen LogP contribution is -2.57. The Hall–Kier alpha value is -0.810. The predicted octanol–water partition coefficient (Wildman–Crippen LogP) is 1.27. The normalized spacial score (nSPS) is 23.1.